The third-order valence-electron chi connectivity index (χ3n) is 3.25. The van der Waals surface area contributed by atoms with E-state index in [2.05, 4.69) is 4.90 Å². The molecule has 1 aliphatic heterocycles. The number of carboxylic acids is 1. The third kappa shape index (κ3) is 2.86. The zero-order valence-corrected chi connectivity index (χ0v) is 10.2. The van der Waals surface area contributed by atoms with Gasteiger partial charge in [0, 0.05) is 32.3 Å². The van der Waals surface area contributed by atoms with Gasteiger partial charge in [-0.1, -0.05) is 0 Å². The number of rotatable bonds is 4. The van der Waals surface area contributed by atoms with Crippen molar-refractivity contribution in [1.82, 2.24) is 4.90 Å². The van der Waals surface area contributed by atoms with E-state index < -0.39 is 5.97 Å². The number of methoxy groups -OCH3 is 1. The molecule has 1 aromatic carbocycles. The number of halogens is 1. The normalized spacial score (nSPS) is 20.2. The fourth-order valence-electron chi connectivity index (χ4n) is 2.20. The minimum absolute atomic E-state index is 0.119. The maximum Gasteiger partial charge on any atom is 0.335 e. The van der Waals surface area contributed by atoms with Crippen LogP contribution in [0.15, 0.2) is 18.2 Å². The van der Waals surface area contributed by atoms with Gasteiger partial charge in [0.05, 0.1) is 11.7 Å². The summed E-state index contributed by atoms with van der Waals surface area (Å²) in [6, 6.07) is 3.89. The van der Waals surface area contributed by atoms with Gasteiger partial charge in [0.15, 0.2) is 0 Å². The lowest BCUT2D eigenvalue weighted by Crippen LogP contribution is -2.23. The third-order valence-corrected chi connectivity index (χ3v) is 3.25. The lowest BCUT2D eigenvalue weighted by atomic mass is 10.1. The number of benzene rings is 1. The summed E-state index contributed by atoms with van der Waals surface area (Å²) >= 11 is 0. The number of likely N-dealkylation sites (tertiary alicyclic amines) is 1. The fourth-order valence-corrected chi connectivity index (χ4v) is 2.20. The molecule has 1 heterocycles. The van der Waals surface area contributed by atoms with Crippen LogP contribution in [-0.4, -0.2) is 42.3 Å². The van der Waals surface area contributed by atoms with Crippen molar-refractivity contribution in [3.63, 3.8) is 0 Å². The van der Waals surface area contributed by atoms with Gasteiger partial charge in [-0.2, -0.15) is 0 Å². The average Bonchev–Trinajstić information content (AvgIpc) is 2.79. The molecule has 1 fully saturated rings. The minimum Gasteiger partial charge on any atom is -0.478 e. The van der Waals surface area contributed by atoms with E-state index in [1.54, 1.807) is 7.11 Å². The van der Waals surface area contributed by atoms with Gasteiger partial charge in [-0.15, -0.1) is 0 Å². The van der Waals surface area contributed by atoms with Crippen LogP contribution in [0, 0.1) is 5.82 Å². The summed E-state index contributed by atoms with van der Waals surface area (Å²) in [5.41, 5.74) is 0.542. The van der Waals surface area contributed by atoms with Gasteiger partial charge in [0.1, 0.15) is 5.82 Å². The van der Waals surface area contributed by atoms with E-state index >= 15 is 0 Å². The fraction of sp³-hybridized carbons (Fsp3) is 0.462. The molecule has 1 atom stereocenters. The SMILES string of the molecule is COC1CCN(Cc2cc(C(=O)O)ccc2F)C1. The van der Waals surface area contributed by atoms with E-state index in [0.29, 0.717) is 12.1 Å². The summed E-state index contributed by atoms with van der Waals surface area (Å²) < 4.78 is 18.9. The molecule has 0 spiro atoms. The molecule has 0 amide bonds. The zero-order valence-electron chi connectivity index (χ0n) is 10.2. The first kappa shape index (κ1) is 13.0. The molecule has 0 bridgehead atoms. The molecule has 1 N–H and O–H groups in total. The van der Waals surface area contributed by atoms with E-state index in [4.69, 9.17) is 9.84 Å². The van der Waals surface area contributed by atoms with Crippen LogP contribution in [0.25, 0.3) is 0 Å². The molecule has 1 saturated heterocycles. The van der Waals surface area contributed by atoms with Gasteiger partial charge >= 0.3 is 5.97 Å². The number of aromatic carboxylic acids is 1. The van der Waals surface area contributed by atoms with E-state index in [1.165, 1.54) is 18.2 Å². The Morgan fingerprint density at radius 2 is 2.39 bits per heavy atom. The average molecular weight is 253 g/mol. The Balaban J connectivity index is 2.09. The van der Waals surface area contributed by atoms with Crippen molar-refractivity contribution >= 4 is 5.97 Å². The van der Waals surface area contributed by atoms with E-state index in [1.807, 2.05) is 0 Å². The van der Waals surface area contributed by atoms with Gasteiger partial charge in [-0.25, -0.2) is 9.18 Å². The number of nitrogens with zero attached hydrogens (tertiary/aromatic N) is 1. The summed E-state index contributed by atoms with van der Waals surface area (Å²) in [5, 5.41) is 8.89. The maximum absolute atomic E-state index is 13.6. The monoisotopic (exact) mass is 253 g/mol. The molecule has 1 unspecified atom stereocenters. The predicted octanol–water partition coefficient (Wildman–Crippen LogP) is 1.74. The van der Waals surface area contributed by atoms with Crippen molar-refractivity contribution in [2.75, 3.05) is 20.2 Å². The molecule has 1 aromatic rings. The Labute approximate surface area is 105 Å². The van der Waals surface area contributed by atoms with Crippen LogP contribution in [0.3, 0.4) is 0 Å². The van der Waals surface area contributed by atoms with Gasteiger partial charge in [-0.3, -0.25) is 4.90 Å². The Morgan fingerprint density at radius 3 is 3.00 bits per heavy atom. The van der Waals surface area contributed by atoms with Crippen molar-refractivity contribution < 1.29 is 19.0 Å². The van der Waals surface area contributed by atoms with Crippen LogP contribution in [0.2, 0.25) is 0 Å². The predicted molar refractivity (Wildman–Crippen MR) is 64.1 cm³/mol. The van der Waals surface area contributed by atoms with Gasteiger partial charge in [0.25, 0.3) is 0 Å². The van der Waals surface area contributed by atoms with E-state index in [9.17, 15) is 9.18 Å². The number of hydrogen-bond donors (Lipinski definition) is 1. The Kier molecular flexibility index (Phi) is 3.93. The number of ether oxygens (including phenoxy) is 1. The molecule has 98 valence electrons. The Bertz CT molecular complexity index is 450. The quantitative estimate of drug-likeness (QED) is 0.888. The van der Waals surface area contributed by atoms with Crippen LogP contribution in [-0.2, 0) is 11.3 Å². The smallest absolute Gasteiger partial charge is 0.335 e. The topological polar surface area (TPSA) is 49.8 Å². The van der Waals surface area contributed by atoms with Crippen LogP contribution in [0.4, 0.5) is 4.39 Å². The summed E-state index contributed by atoms with van der Waals surface area (Å²) in [5.74, 6) is -1.40. The molecule has 1 aliphatic rings. The van der Waals surface area contributed by atoms with E-state index in [-0.39, 0.29) is 17.5 Å². The van der Waals surface area contributed by atoms with Crippen LogP contribution in [0.5, 0.6) is 0 Å². The molecule has 5 heteroatoms. The number of hydrogen-bond acceptors (Lipinski definition) is 3. The molecular weight excluding hydrogens is 237 g/mol. The van der Waals surface area contributed by atoms with Crippen LogP contribution in [0.1, 0.15) is 22.3 Å². The molecule has 0 radical (unpaired) electrons. The highest BCUT2D eigenvalue weighted by Crippen LogP contribution is 2.18. The molecule has 4 nitrogen and oxygen atoms in total. The Morgan fingerprint density at radius 1 is 1.61 bits per heavy atom. The first-order valence-electron chi connectivity index (χ1n) is 5.87. The molecule has 18 heavy (non-hydrogen) atoms. The number of carboxylic acid groups (broad SMARTS) is 1. The van der Waals surface area contributed by atoms with Crippen molar-refractivity contribution in [2.24, 2.45) is 0 Å². The minimum atomic E-state index is -1.03. The zero-order chi connectivity index (χ0) is 13.1. The number of carbonyl (C=O) groups is 1. The lowest BCUT2D eigenvalue weighted by molar-refractivity contribution is 0.0696. The van der Waals surface area contributed by atoms with E-state index in [0.717, 1.165) is 19.5 Å². The van der Waals surface area contributed by atoms with Gasteiger partial charge in [0.2, 0.25) is 0 Å². The summed E-state index contributed by atoms with van der Waals surface area (Å²) in [7, 11) is 1.67. The van der Waals surface area contributed by atoms with Crippen LogP contribution < -0.4 is 0 Å². The second-order valence-corrected chi connectivity index (χ2v) is 4.49. The maximum atomic E-state index is 13.6. The second kappa shape index (κ2) is 5.46. The van der Waals surface area contributed by atoms with Gasteiger partial charge < -0.3 is 9.84 Å². The molecular formula is C13H16FNO3. The van der Waals surface area contributed by atoms with Crippen molar-refractivity contribution in [1.29, 1.82) is 0 Å². The second-order valence-electron chi connectivity index (χ2n) is 4.49. The largest absolute Gasteiger partial charge is 0.478 e. The molecule has 2 rings (SSSR count). The highest BCUT2D eigenvalue weighted by Gasteiger charge is 2.23. The van der Waals surface area contributed by atoms with Crippen molar-refractivity contribution in [3.05, 3.63) is 35.1 Å². The van der Waals surface area contributed by atoms with Gasteiger partial charge in [-0.05, 0) is 24.6 Å². The molecule has 0 saturated carbocycles. The Hall–Kier alpha value is -1.46. The summed E-state index contributed by atoms with van der Waals surface area (Å²) in [6.07, 6.45) is 1.12. The van der Waals surface area contributed by atoms with Crippen molar-refractivity contribution in [3.8, 4) is 0 Å². The summed E-state index contributed by atoms with van der Waals surface area (Å²) in [6.45, 7) is 2.02. The standard InChI is InChI=1S/C13H16FNO3/c1-18-11-4-5-15(8-11)7-10-6-9(13(16)17)2-3-12(10)14/h2-3,6,11H,4-5,7-8H2,1H3,(H,16,17). The lowest BCUT2D eigenvalue weighted by Gasteiger charge is -2.16. The highest BCUT2D eigenvalue weighted by atomic mass is 19.1. The highest BCUT2D eigenvalue weighted by molar-refractivity contribution is 5.87. The van der Waals surface area contributed by atoms with Crippen molar-refractivity contribution in [2.45, 2.75) is 19.1 Å². The molecule has 0 aliphatic carbocycles. The first-order valence-corrected chi connectivity index (χ1v) is 5.87. The molecule has 0 aromatic heterocycles. The van der Waals surface area contributed by atoms with Crippen LogP contribution >= 0.6 is 0 Å². The summed E-state index contributed by atoms with van der Waals surface area (Å²) in [4.78, 5) is 12.9. The first-order chi connectivity index (χ1) is 8.60.